The molecule has 0 aliphatic rings. The predicted molar refractivity (Wildman–Crippen MR) is 112 cm³/mol. The molecule has 0 amide bonds. The number of imidazole rings is 1. The second kappa shape index (κ2) is 7.83. The van der Waals surface area contributed by atoms with E-state index in [0.29, 0.717) is 6.54 Å². The number of rotatable bonds is 6. The molecule has 6 nitrogen and oxygen atoms in total. The summed E-state index contributed by atoms with van der Waals surface area (Å²) in [5.74, 6) is 0.784. The fraction of sp³-hybridized carbons (Fsp3) is 0.100. The van der Waals surface area contributed by atoms with E-state index in [-0.39, 0.29) is 11.4 Å². The van der Waals surface area contributed by atoms with Gasteiger partial charge < -0.3 is 4.57 Å². The van der Waals surface area contributed by atoms with Crippen molar-refractivity contribution in [1.82, 2.24) is 19.3 Å². The van der Waals surface area contributed by atoms with Gasteiger partial charge in [-0.05, 0) is 48.5 Å². The van der Waals surface area contributed by atoms with Crippen LogP contribution in [0.4, 0.5) is 0 Å². The number of hydrogen-bond acceptors (Lipinski definition) is 4. The maximum absolute atomic E-state index is 12.5. The summed E-state index contributed by atoms with van der Waals surface area (Å²) < 4.78 is 30.6. The molecule has 2 aromatic carbocycles. The number of nitrogens with one attached hydrogen (secondary N) is 1. The number of halogens is 1. The van der Waals surface area contributed by atoms with Gasteiger partial charge in [0.25, 0.3) is 0 Å². The van der Waals surface area contributed by atoms with E-state index in [1.807, 2.05) is 41.0 Å². The van der Waals surface area contributed by atoms with Gasteiger partial charge in [-0.2, -0.15) is 0 Å². The Bertz CT molecular complexity index is 1210. The number of sulfonamides is 1. The molecule has 2 heterocycles. The van der Waals surface area contributed by atoms with Crippen molar-refractivity contribution in [2.75, 3.05) is 6.54 Å². The van der Waals surface area contributed by atoms with E-state index in [0.717, 1.165) is 26.9 Å². The molecule has 0 atom stereocenters. The molecule has 0 saturated heterocycles. The lowest BCUT2D eigenvalue weighted by atomic mass is 10.2. The number of benzene rings is 2. The second-order valence-corrected chi connectivity index (χ2v) is 8.85. The molecule has 0 saturated carbocycles. The van der Waals surface area contributed by atoms with Crippen LogP contribution in [-0.4, -0.2) is 29.5 Å². The van der Waals surface area contributed by atoms with Crippen LogP contribution in [0.15, 0.2) is 82.4 Å². The highest BCUT2D eigenvalue weighted by Crippen LogP contribution is 2.24. The van der Waals surface area contributed by atoms with Crippen LogP contribution in [-0.2, 0) is 16.6 Å². The molecular weight excluding hydrogens is 440 g/mol. The molecule has 0 bridgehead atoms. The van der Waals surface area contributed by atoms with Gasteiger partial charge >= 0.3 is 0 Å². The van der Waals surface area contributed by atoms with E-state index in [9.17, 15) is 8.42 Å². The third-order valence-corrected chi connectivity index (χ3v) is 6.35. The lowest BCUT2D eigenvalue weighted by Crippen LogP contribution is -2.27. The summed E-state index contributed by atoms with van der Waals surface area (Å²) in [5, 5.41) is 0. The van der Waals surface area contributed by atoms with Gasteiger partial charge in [0.2, 0.25) is 10.0 Å². The highest BCUT2D eigenvalue weighted by Gasteiger charge is 2.15. The van der Waals surface area contributed by atoms with Gasteiger partial charge in [-0.15, -0.1) is 0 Å². The molecule has 0 unspecified atom stereocenters. The lowest BCUT2D eigenvalue weighted by Gasteiger charge is -2.11. The van der Waals surface area contributed by atoms with Gasteiger partial charge in [0, 0.05) is 35.5 Å². The molecule has 2 aromatic heterocycles. The number of fused-ring (bicyclic) bond motifs is 1. The SMILES string of the molecule is O=S(=O)(NCCn1c(-c2ccncc2)nc2ccccc21)c1ccc(Br)cc1. The number of aromatic nitrogens is 3. The molecule has 0 spiro atoms. The Hall–Kier alpha value is -2.55. The van der Waals surface area contributed by atoms with E-state index >= 15 is 0 Å². The largest absolute Gasteiger partial charge is 0.323 e. The van der Waals surface area contributed by atoms with Crippen LogP contribution in [0.2, 0.25) is 0 Å². The normalized spacial score (nSPS) is 11.8. The maximum Gasteiger partial charge on any atom is 0.240 e. The fourth-order valence-corrected chi connectivity index (χ4v) is 4.30. The Labute approximate surface area is 171 Å². The number of hydrogen-bond donors (Lipinski definition) is 1. The van der Waals surface area contributed by atoms with Gasteiger partial charge in [0.1, 0.15) is 5.82 Å². The molecule has 0 aliphatic heterocycles. The monoisotopic (exact) mass is 456 g/mol. The van der Waals surface area contributed by atoms with Gasteiger partial charge in [0.05, 0.1) is 15.9 Å². The average Bonchev–Trinajstić information content (AvgIpc) is 3.08. The summed E-state index contributed by atoms with van der Waals surface area (Å²) in [7, 11) is -3.58. The molecule has 0 radical (unpaired) electrons. The van der Waals surface area contributed by atoms with Crippen LogP contribution in [0.25, 0.3) is 22.4 Å². The first kappa shape index (κ1) is 18.8. The fourth-order valence-electron chi connectivity index (χ4n) is 3.01. The summed E-state index contributed by atoms with van der Waals surface area (Å²) in [6.07, 6.45) is 3.44. The molecule has 1 N–H and O–H groups in total. The molecule has 4 aromatic rings. The summed E-state index contributed by atoms with van der Waals surface area (Å²) in [6, 6.07) is 18.2. The Morgan fingerprint density at radius 1 is 0.964 bits per heavy atom. The van der Waals surface area contributed by atoms with Crippen molar-refractivity contribution in [1.29, 1.82) is 0 Å². The Morgan fingerprint density at radius 2 is 1.68 bits per heavy atom. The maximum atomic E-state index is 12.5. The molecular formula is C20H17BrN4O2S. The highest BCUT2D eigenvalue weighted by molar-refractivity contribution is 9.10. The number of para-hydroxylation sites is 2. The van der Waals surface area contributed by atoms with Gasteiger partial charge in [-0.25, -0.2) is 18.1 Å². The van der Waals surface area contributed by atoms with E-state index in [1.165, 1.54) is 0 Å². The van der Waals surface area contributed by atoms with E-state index in [4.69, 9.17) is 4.98 Å². The lowest BCUT2D eigenvalue weighted by molar-refractivity contribution is 0.574. The van der Waals surface area contributed by atoms with Gasteiger partial charge in [-0.1, -0.05) is 28.1 Å². The third kappa shape index (κ3) is 3.84. The van der Waals surface area contributed by atoms with Crippen molar-refractivity contribution in [3.8, 4) is 11.4 Å². The van der Waals surface area contributed by atoms with Gasteiger partial charge in [0.15, 0.2) is 0 Å². The quantitative estimate of drug-likeness (QED) is 0.478. The summed E-state index contributed by atoms with van der Waals surface area (Å²) in [5.41, 5.74) is 2.75. The molecule has 0 aliphatic carbocycles. The van der Waals surface area contributed by atoms with Crippen LogP contribution in [0.3, 0.4) is 0 Å². The van der Waals surface area contributed by atoms with Crippen molar-refractivity contribution in [3.05, 3.63) is 77.5 Å². The van der Waals surface area contributed by atoms with E-state index in [2.05, 4.69) is 25.6 Å². The summed E-state index contributed by atoms with van der Waals surface area (Å²) in [6.45, 7) is 0.699. The zero-order valence-electron chi connectivity index (χ0n) is 14.8. The second-order valence-electron chi connectivity index (χ2n) is 6.16. The summed E-state index contributed by atoms with van der Waals surface area (Å²) >= 11 is 3.31. The van der Waals surface area contributed by atoms with Crippen molar-refractivity contribution in [2.24, 2.45) is 0 Å². The highest BCUT2D eigenvalue weighted by atomic mass is 79.9. The average molecular weight is 457 g/mol. The molecule has 0 fully saturated rings. The molecule has 4 rings (SSSR count). The standard InChI is InChI=1S/C20H17BrN4O2S/c21-16-5-7-17(8-6-16)28(26,27)23-13-14-25-19-4-2-1-3-18(19)24-20(25)15-9-11-22-12-10-15/h1-12,23H,13-14H2. The zero-order valence-corrected chi connectivity index (χ0v) is 17.2. The van der Waals surface area contributed by atoms with Crippen LogP contribution in [0, 0.1) is 0 Å². The number of pyridine rings is 1. The van der Waals surface area contributed by atoms with Gasteiger partial charge in [-0.3, -0.25) is 4.98 Å². The first-order valence-corrected chi connectivity index (χ1v) is 10.9. The van der Waals surface area contributed by atoms with E-state index in [1.54, 1.807) is 36.7 Å². The van der Waals surface area contributed by atoms with Crippen molar-refractivity contribution < 1.29 is 8.42 Å². The minimum atomic E-state index is -3.58. The third-order valence-electron chi connectivity index (χ3n) is 4.34. The Morgan fingerprint density at radius 3 is 2.43 bits per heavy atom. The van der Waals surface area contributed by atoms with Crippen molar-refractivity contribution in [2.45, 2.75) is 11.4 Å². The van der Waals surface area contributed by atoms with Crippen molar-refractivity contribution in [3.63, 3.8) is 0 Å². The minimum absolute atomic E-state index is 0.237. The smallest absolute Gasteiger partial charge is 0.240 e. The Balaban J connectivity index is 1.60. The zero-order chi connectivity index (χ0) is 19.6. The first-order chi connectivity index (χ1) is 13.5. The van der Waals surface area contributed by atoms with Crippen molar-refractivity contribution >= 4 is 37.0 Å². The predicted octanol–water partition coefficient (Wildman–Crippen LogP) is 3.84. The Kier molecular flexibility index (Phi) is 5.25. The van der Waals surface area contributed by atoms with Crippen LogP contribution in [0.5, 0.6) is 0 Å². The van der Waals surface area contributed by atoms with E-state index < -0.39 is 10.0 Å². The molecule has 28 heavy (non-hydrogen) atoms. The van der Waals surface area contributed by atoms with Crippen LogP contribution >= 0.6 is 15.9 Å². The first-order valence-electron chi connectivity index (χ1n) is 8.65. The number of nitrogens with zero attached hydrogens (tertiary/aromatic N) is 3. The molecule has 142 valence electrons. The van der Waals surface area contributed by atoms with Crippen LogP contribution < -0.4 is 4.72 Å². The molecule has 8 heteroatoms. The minimum Gasteiger partial charge on any atom is -0.323 e. The topological polar surface area (TPSA) is 76.9 Å². The van der Waals surface area contributed by atoms with Crippen LogP contribution in [0.1, 0.15) is 0 Å². The summed E-state index contributed by atoms with van der Waals surface area (Å²) in [4.78, 5) is 9.01.